The zero-order valence-corrected chi connectivity index (χ0v) is 14.5. The maximum atomic E-state index is 12.4. The van der Waals surface area contributed by atoms with E-state index in [4.69, 9.17) is 0 Å². The third-order valence-electron chi connectivity index (χ3n) is 4.75. The molecule has 1 saturated heterocycles. The molecule has 1 fully saturated rings. The Kier molecular flexibility index (Phi) is 5.30. The average molecular weight is 326 g/mol. The molecule has 3 rings (SSSR count). The first-order chi connectivity index (χ1) is 11.6. The highest BCUT2D eigenvalue weighted by Crippen LogP contribution is 2.12. The van der Waals surface area contributed by atoms with Crippen molar-refractivity contribution < 1.29 is 4.79 Å². The Morgan fingerprint density at radius 3 is 2.83 bits per heavy atom. The van der Waals surface area contributed by atoms with Gasteiger partial charge in [-0.05, 0) is 44.4 Å². The van der Waals surface area contributed by atoms with Gasteiger partial charge in [-0.3, -0.25) is 9.48 Å². The Morgan fingerprint density at radius 2 is 2.12 bits per heavy atom. The lowest BCUT2D eigenvalue weighted by Gasteiger charge is -2.33. The van der Waals surface area contributed by atoms with Gasteiger partial charge in [0.25, 0.3) is 5.91 Å². The third kappa shape index (κ3) is 4.23. The number of amides is 1. The molecule has 0 spiro atoms. The maximum absolute atomic E-state index is 12.4. The molecule has 0 aliphatic carbocycles. The number of rotatable bonds is 5. The van der Waals surface area contributed by atoms with E-state index in [-0.39, 0.29) is 11.9 Å². The standard InChI is InChI=1S/C19H26N4O/c1-15-13-18(21-22(15)2)19(24)20-17-9-6-11-23(14-17)12-10-16-7-4-3-5-8-16/h3-5,7-8,13,17H,6,9-12,14H2,1-2H3,(H,20,24)/t17-/m0/s1. The van der Waals surface area contributed by atoms with Crippen LogP contribution in [-0.2, 0) is 13.5 Å². The highest BCUT2D eigenvalue weighted by Gasteiger charge is 2.22. The van der Waals surface area contributed by atoms with Gasteiger partial charge in [0.15, 0.2) is 0 Å². The highest BCUT2D eigenvalue weighted by molar-refractivity contribution is 5.92. The number of carbonyl (C=O) groups excluding carboxylic acids is 1. The molecule has 0 bridgehead atoms. The average Bonchev–Trinajstić information content (AvgIpc) is 2.94. The fourth-order valence-corrected chi connectivity index (χ4v) is 3.24. The minimum absolute atomic E-state index is 0.0615. The summed E-state index contributed by atoms with van der Waals surface area (Å²) in [5, 5.41) is 7.41. The van der Waals surface area contributed by atoms with Crippen LogP contribution >= 0.6 is 0 Å². The van der Waals surface area contributed by atoms with Gasteiger partial charge in [-0.25, -0.2) is 0 Å². The fourth-order valence-electron chi connectivity index (χ4n) is 3.24. The number of likely N-dealkylation sites (tertiary alicyclic amines) is 1. The summed E-state index contributed by atoms with van der Waals surface area (Å²) in [6.07, 6.45) is 3.22. The molecule has 1 atom stereocenters. The Bertz CT molecular complexity index is 660. The van der Waals surface area contributed by atoms with Crippen molar-refractivity contribution in [3.05, 3.63) is 53.3 Å². The minimum atomic E-state index is -0.0615. The Balaban J connectivity index is 1.50. The summed E-state index contributed by atoms with van der Waals surface area (Å²) in [5.41, 5.74) is 2.87. The highest BCUT2D eigenvalue weighted by atomic mass is 16.2. The first-order valence-corrected chi connectivity index (χ1v) is 8.69. The van der Waals surface area contributed by atoms with Gasteiger partial charge >= 0.3 is 0 Å². The number of nitrogens with one attached hydrogen (secondary N) is 1. The normalized spacial score (nSPS) is 18.5. The van der Waals surface area contributed by atoms with Crippen LogP contribution in [0.25, 0.3) is 0 Å². The molecule has 1 aliphatic rings. The number of aromatic nitrogens is 2. The number of benzene rings is 1. The third-order valence-corrected chi connectivity index (χ3v) is 4.75. The van der Waals surface area contributed by atoms with E-state index in [1.165, 1.54) is 5.56 Å². The van der Waals surface area contributed by atoms with E-state index >= 15 is 0 Å². The van der Waals surface area contributed by atoms with Gasteiger partial charge in [0, 0.05) is 31.9 Å². The molecule has 5 heteroatoms. The van der Waals surface area contributed by atoms with Crippen molar-refractivity contribution in [2.24, 2.45) is 7.05 Å². The molecule has 1 N–H and O–H groups in total. The second kappa shape index (κ2) is 7.62. The fraction of sp³-hybridized carbons (Fsp3) is 0.474. The molecule has 0 saturated carbocycles. The SMILES string of the molecule is Cc1cc(C(=O)N[C@H]2CCCN(CCc3ccccc3)C2)nn1C. The van der Waals surface area contributed by atoms with E-state index in [9.17, 15) is 4.79 Å². The Labute approximate surface area is 143 Å². The van der Waals surface area contributed by atoms with Crippen molar-refractivity contribution in [3.63, 3.8) is 0 Å². The second-order valence-electron chi connectivity index (χ2n) is 6.64. The molecule has 2 aromatic rings. The van der Waals surface area contributed by atoms with E-state index in [0.717, 1.165) is 44.6 Å². The van der Waals surface area contributed by atoms with Crippen LogP contribution in [0.1, 0.15) is 34.6 Å². The molecule has 0 unspecified atom stereocenters. The number of carbonyl (C=O) groups is 1. The van der Waals surface area contributed by atoms with Crippen molar-refractivity contribution in [2.45, 2.75) is 32.2 Å². The van der Waals surface area contributed by atoms with Crippen LogP contribution in [0.5, 0.6) is 0 Å². The molecule has 128 valence electrons. The molecule has 1 aliphatic heterocycles. The number of nitrogens with zero attached hydrogens (tertiary/aromatic N) is 3. The van der Waals surface area contributed by atoms with E-state index in [1.807, 2.05) is 20.0 Å². The number of hydrogen-bond donors (Lipinski definition) is 1. The molecule has 0 radical (unpaired) electrons. The van der Waals surface area contributed by atoms with E-state index in [2.05, 4.69) is 45.6 Å². The number of hydrogen-bond acceptors (Lipinski definition) is 3. The predicted molar refractivity (Wildman–Crippen MR) is 95.0 cm³/mol. The quantitative estimate of drug-likeness (QED) is 0.916. The second-order valence-corrected chi connectivity index (χ2v) is 6.64. The zero-order chi connectivity index (χ0) is 16.9. The summed E-state index contributed by atoms with van der Waals surface area (Å²) in [6.45, 7) is 5.03. The summed E-state index contributed by atoms with van der Waals surface area (Å²) >= 11 is 0. The van der Waals surface area contributed by atoms with Crippen LogP contribution in [0.3, 0.4) is 0 Å². The molecule has 1 aromatic heterocycles. The minimum Gasteiger partial charge on any atom is -0.347 e. The van der Waals surface area contributed by atoms with Crippen LogP contribution in [0, 0.1) is 6.92 Å². The van der Waals surface area contributed by atoms with Crippen molar-refractivity contribution in [1.29, 1.82) is 0 Å². The number of aryl methyl sites for hydroxylation is 2. The summed E-state index contributed by atoms with van der Waals surface area (Å²) < 4.78 is 1.74. The summed E-state index contributed by atoms with van der Waals surface area (Å²) in [7, 11) is 1.86. The number of piperidine rings is 1. The predicted octanol–water partition coefficient (Wildman–Crippen LogP) is 2.17. The lowest BCUT2D eigenvalue weighted by molar-refractivity contribution is 0.0898. The van der Waals surface area contributed by atoms with E-state index < -0.39 is 0 Å². The van der Waals surface area contributed by atoms with Crippen molar-refractivity contribution in [3.8, 4) is 0 Å². The topological polar surface area (TPSA) is 50.2 Å². The van der Waals surface area contributed by atoms with Gasteiger partial charge < -0.3 is 10.2 Å². The molecular formula is C19H26N4O. The van der Waals surface area contributed by atoms with Crippen LogP contribution in [0.2, 0.25) is 0 Å². The van der Waals surface area contributed by atoms with Crippen molar-refractivity contribution >= 4 is 5.91 Å². The summed E-state index contributed by atoms with van der Waals surface area (Å²) in [5.74, 6) is -0.0615. The molecular weight excluding hydrogens is 300 g/mol. The van der Waals surface area contributed by atoms with Crippen LogP contribution in [0.15, 0.2) is 36.4 Å². The monoisotopic (exact) mass is 326 g/mol. The molecule has 2 heterocycles. The molecule has 24 heavy (non-hydrogen) atoms. The Hall–Kier alpha value is -2.14. The van der Waals surface area contributed by atoms with Gasteiger partial charge in [-0.1, -0.05) is 30.3 Å². The first-order valence-electron chi connectivity index (χ1n) is 8.69. The maximum Gasteiger partial charge on any atom is 0.272 e. The molecule has 1 aromatic carbocycles. The van der Waals surface area contributed by atoms with Crippen LogP contribution in [-0.4, -0.2) is 46.3 Å². The smallest absolute Gasteiger partial charge is 0.272 e. The van der Waals surface area contributed by atoms with Crippen molar-refractivity contribution in [2.75, 3.05) is 19.6 Å². The summed E-state index contributed by atoms with van der Waals surface area (Å²) in [4.78, 5) is 14.8. The van der Waals surface area contributed by atoms with Gasteiger partial charge in [0.1, 0.15) is 5.69 Å². The van der Waals surface area contributed by atoms with E-state index in [0.29, 0.717) is 5.69 Å². The van der Waals surface area contributed by atoms with Gasteiger partial charge in [-0.15, -0.1) is 0 Å². The van der Waals surface area contributed by atoms with Gasteiger partial charge in [0.05, 0.1) is 0 Å². The van der Waals surface area contributed by atoms with E-state index in [1.54, 1.807) is 4.68 Å². The van der Waals surface area contributed by atoms with Gasteiger partial charge in [0.2, 0.25) is 0 Å². The van der Waals surface area contributed by atoms with Crippen LogP contribution < -0.4 is 5.32 Å². The zero-order valence-electron chi connectivity index (χ0n) is 14.5. The molecule has 1 amide bonds. The molecule has 5 nitrogen and oxygen atoms in total. The van der Waals surface area contributed by atoms with Crippen molar-refractivity contribution in [1.82, 2.24) is 20.0 Å². The Morgan fingerprint density at radius 1 is 1.33 bits per heavy atom. The lowest BCUT2D eigenvalue weighted by atomic mass is 10.0. The summed E-state index contributed by atoms with van der Waals surface area (Å²) in [6, 6.07) is 12.6. The lowest BCUT2D eigenvalue weighted by Crippen LogP contribution is -2.48. The largest absolute Gasteiger partial charge is 0.347 e. The first kappa shape index (κ1) is 16.7. The van der Waals surface area contributed by atoms with Crippen LogP contribution in [0.4, 0.5) is 0 Å². The van der Waals surface area contributed by atoms with Gasteiger partial charge in [-0.2, -0.15) is 5.10 Å².